The maximum atomic E-state index is 12.0. The lowest BCUT2D eigenvalue weighted by Crippen LogP contribution is -2.05. The maximum Gasteiger partial charge on any atom is 0.345 e. The summed E-state index contributed by atoms with van der Waals surface area (Å²) in [5, 5.41) is 10.4. The van der Waals surface area contributed by atoms with Gasteiger partial charge in [-0.15, -0.1) is 11.3 Å². The van der Waals surface area contributed by atoms with E-state index in [0.717, 1.165) is 38.9 Å². The van der Waals surface area contributed by atoms with Crippen LogP contribution in [0.25, 0.3) is 21.0 Å². The minimum absolute atomic E-state index is 0.188. The largest absolute Gasteiger partial charge is 0.477 e. The Balaban J connectivity index is 2.45. The van der Waals surface area contributed by atoms with Crippen molar-refractivity contribution >= 4 is 38.3 Å². The van der Waals surface area contributed by atoms with Crippen molar-refractivity contribution in [2.24, 2.45) is 0 Å². The highest BCUT2D eigenvalue weighted by atomic mass is 32.1. The third-order valence-corrected chi connectivity index (χ3v) is 4.33. The molecule has 0 amide bonds. The van der Waals surface area contributed by atoms with Crippen LogP contribution in [0, 0.1) is 0 Å². The van der Waals surface area contributed by atoms with Crippen LogP contribution in [0.2, 0.25) is 0 Å². The van der Waals surface area contributed by atoms with E-state index in [0.29, 0.717) is 5.39 Å². The van der Waals surface area contributed by atoms with Crippen LogP contribution in [-0.4, -0.2) is 16.1 Å². The fourth-order valence-corrected chi connectivity index (χ4v) is 3.20. The van der Waals surface area contributed by atoms with Crippen LogP contribution in [-0.2, 0) is 6.42 Å². The Hall–Kier alpha value is -2.14. The Kier molecular flexibility index (Phi) is 2.64. The molecule has 0 bridgehead atoms. The predicted octanol–water partition coefficient (Wildman–Crippen LogP) is 3.00. The third-order valence-electron chi connectivity index (χ3n) is 3.17. The van der Waals surface area contributed by atoms with E-state index >= 15 is 0 Å². The highest BCUT2D eigenvalue weighted by Gasteiger charge is 2.13. The standard InChI is InChI=1S/C14H11NO3S/c1-2-7-3-4-8-10(5-7)15-13(16)9-6-11(14(17)18)19-12(8)9/h3-6H,2H2,1H3,(H,15,16)(H,17,18). The lowest BCUT2D eigenvalue weighted by atomic mass is 10.1. The lowest BCUT2D eigenvalue weighted by Gasteiger charge is -2.02. The minimum Gasteiger partial charge on any atom is -0.477 e. The Labute approximate surface area is 112 Å². The number of hydrogen-bond donors (Lipinski definition) is 2. The molecule has 19 heavy (non-hydrogen) atoms. The number of H-pyrrole nitrogens is 1. The van der Waals surface area contributed by atoms with E-state index in [4.69, 9.17) is 5.11 Å². The molecular weight excluding hydrogens is 262 g/mol. The summed E-state index contributed by atoms with van der Waals surface area (Å²) in [7, 11) is 0. The Morgan fingerprint density at radius 1 is 1.32 bits per heavy atom. The predicted molar refractivity (Wildman–Crippen MR) is 76.3 cm³/mol. The summed E-state index contributed by atoms with van der Waals surface area (Å²) >= 11 is 1.14. The average Bonchev–Trinajstić information content (AvgIpc) is 2.84. The van der Waals surface area contributed by atoms with Gasteiger partial charge in [0.2, 0.25) is 0 Å². The maximum absolute atomic E-state index is 12.0. The molecule has 0 aliphatic rings. The van der Waals surface area contributed by atoms with Crippen LogP contribution in [0.1, 0.15) is 22.2 Å². The van der Waals surface area contributed by atoms with Crippen LogP contribution in [0.15, 0.2) is 29.1 Å². The topological polar surface area (TPSA) is 70.2 Å². The number of aromatic nitrogens is 1. The van der Waals surface area contributed by atoms with Crippen LogP contribution < -0.4 is 5.56 Å². The van der Waals surface area contributed by atoms with Gasteiger partial charge in [-0.05, 0) is 24.1 Å². The van der Waals surface area contributed by atoms with E-state index in [1.165, 1.54) is 6.07 Å². The first-order chi connectivity index (χ1) is 9.10. The lowest BCUT2D eigenvalue weighted by molar-refractivity contribution is 0.0702. The number of rotatable bonds is 2. The number of thiophene rings is 1. The number of carboxylic acids is 1. The molecule has 3 aromatic rings. The molecule has 0 fully saturated rings. The van der Waals surface area contributed by atoms with Crippen molar-refractivity contribution in [1.82, 2.24) is 4.98 Å². The summed E-state index contributed by atoms with van der Waals surface area (Å²) < 4.78 is 0.735. The number of hydrogen-bond acceptors (Lipinski definition) is 3. The number of fused-ring (bicyclic) bond motifs is 3. The van der Waals surface area contributed by atoms with E-state index < -0.39 is 5.97 Å². The molecule has 0 unspecified atom stereocenters. The quantitative estimate of drug-likeness (QED) is 0.754. The number of nitrogens with one attached hydrogen (secondary N) is 1. The normalized spacial score (nSPS) is 11.2. The molecule has 96 valence electrons. The molecule has 0 aliphatic heterocycles. The van der Waals surface area contributed by atoms with Gasteiger partial charge in [0.15, 0.2) is 0 Å². The first-order valence-corrected chi connectivity index (χ1v) is 6.73. The number of benzene rings is 1. The number of carbonyl (C=O) groups is 1. The Bertz CT molecular complexity index is 860. The van der Waals surface area contributed by atoms with Gasteiger partial charge in [0.05, 0.1) is 10.1 Å². The highest BCUT2D eigenvalue weighted by Crippen LogP contribution is 2.29. The number of aromatic amines is 1. The molecule has 1 aromatic carbocycles. The van der Waals surface area contributed by atoms with Gasteiger partial charge in [0.1, 0.15) is 4.88 Å². The second kappa shape index (κ2) is 4.20. The first-order valence-electron chi connectivity index (χ1n) is 5.92. The minimum atomic E-state index is -1.00. The zero-order valence-corrected chi connectivity index (χ0v) is 11.0. The van der Waals surface area contributed by atoms with Crippen molar-refractivity contribution in [3.8, 4) is 0 Å². The number of aryl methyl sites for hydroxylation is 1. The fourth-order valence-electron chi connectivity index (χ4n) is 2.17. The SMILES string of the molecule is CCc1ccc2c(c1)[nH]c(=O)c1cc(C(=O)O)sc12. The van der Waals surface area contributed by atoms with E-state index in [9.17, 15) is 9.59 Å². The molecule has 2 heterocycles. The molecule has 0 saturated heterocycles. The van der Waals surface area contributed by atoms with Gasteiger partial charge in [-0.3, -0.25) is 4.79 Å². The van der Waals surface area contributed by atoms with E-state index in [1.807, 2.05) is 25.1 Å². The number of pyridine rings is 1. The molecule has 3 rings (SSSR count). The van der Waals surface area contributed by atoms with Crippen molar-refractivity contribution in [3.63, 3.8) is 0 Å². The van der Waals surface area contributed by atoms with Crippen LogP contribution in [0.5, 0.6) is 0 Å². The van der Waals surface area contributed by atoms with Crippen molar-refractivity contribution in [2.75, 3.05) is 0 Å². The second-order valence-corrected chi connectivity index (χ2v) is 5.40. The van der Waals surface area contributed by atoms with Crippen LogP contribution in [0.4, 0.5) is 0 Å². The van der Waals surface area contributed by atoms with Gasteiger partial charge >= 0.3 is 5.97 Å². The van der Waals surface area contributed by atoms with Gasteiger partial charge in [-0.2, -0.15) is 0 Å². The average molecular weight is 273 g/mol. The summed E-state index contributed by atoms with van der Waals surface area (Å²) in [4.78, 5) is 26.0. The molecule has 0 atom stereocenters. The smallest absolute Gasteiger partial charge is 0.345 e. The molecule has 0 saturated carbocycles. The van der Waals surface area contributed by atoms with Crippen molar-refractivity contribution in [1.29, 1.82) is 0 Å². The van der Waals surface area contributed by atoms with Crippen molar-refractivity contribution in [3.05, 3.63) is 45.1 Å². The molecule has 0 radical (unpaired) electrons. The third kappa shape index (κ3) is 1.82. The summed E-state index contributed by atoms with van der Waals surface area (Å²) in [5.74, 6) is -1.00. The molecule has 0 spiro atoms. The second-order valence-electron chi connectivity index (χ2n) is 4.35. The number of carboxylic acid groups (broad SMARTS) is 1. The van der Waals surface area contributed by atoms with E-state index in [1.54, 1.807) is 0 Å². The molecule has 2 aromatic heterocycles. The van der Waals surface area contributed by atoms with Gasteiger partial charge in [0.25, 0.3) is 5.56 Å². The Morgan fingerprint density at radius 3 is 2.79 bits per heavy atom. The number of aromatic carboxylic acids is 1. The zero-order chi connectivity index (χ0) is 13.6. The summed E-state index contributed by atoms with van der Waals surface area (Å²) in [6.45, 7) is 2.05. The van der Waals surface area contributed by atoms with E-state index in [2.05, 4.69) is 4.98 Å². The van der Waals surface area contributed by atoms with Crippen molar-refractivity contribution < 1.29 is 9.90 Å². The zero-order valence-electron chi connectivity index (χ0n) is 10.2. The van der Waals surface area contributed by atoms with Crippen LogP contribution in [0.3, 0.4) is 0 Å². The van der Waals surface area contributed by atoms with Gasteiger partial charge < -0.3 is 10.1 Å². The van der Waals surface area contributed by atoms with Gasteiger partial charge in [-0.25, -0.2) is 4.79 Å². The highest BCUT2D eigenvalue weighted by molar-refractivity contribution is 7.21. The van der Waals surface area contributed by atoms with Gasteiger partial charge in [0, 0.05) is 10.9 Å². The van der Waals surface area contributed by atoms with Crippen molar-refractivity contribution in [2.45, 2.75) is 13.3 Å². The van der Waals surface area contributed by atoms with E-state index in [-0.39, 0.29) is 10.4 Å². The monoisotopic (exact) mass is 273 g/mol. The molecule has 4 nitrogen and oxygen atoms in total. The van der Waals surface area contributed by atoms with Crippen LogP contribution >= 0.6 is 11.3 Å². The molecule has 5 heteroatoms. The molecule has 2 N–H and O–H groups in total. The summed E-state index contributed by atoms with van der Waals surface area (Å²) in [6, 6.07) is 7.32. The first kappa shape index (κ1) is 11.9. The molecular formula is C14H11NO3S. The fraction of sp³-hybridized carbons (Fsp3) is 0.143. The summed E-state index contributed by atoms with van der Waals surface area (Å²) in [6.07, 6.45) is 0.890. The molecule has 0 aliphatic carbocycles. The van der Waals surface area contributed by atoms with Gasteiger partial charge in [-0.1, -0.05) is 19.1 Å². The summed E-state index contributed by atoms with van der Waals surface area (Å²) in [5.41, 5.74) is 1.66. The Morgan fingerprint density at radius 2 is 2.11 bits per heavy atom.